The van der Waals surface area contributed by atoms with E-state index in [4.69, 9.17) is 37.9 Å². The van der Waals surface area contributed by atoms with Gasteiger partial charge in [-0.05, 0) is 167 Å². The number of nitrogens with one attached hydrogen (secondary N) is 6. The number of nitrogens with zero attached hydrogens (tertiary/aromatic N) is 4. The molecule has 4 amide bonds. The number of hydrogen-bond donors (Lipinski definition) is 10. The molecule has 104 heavy (non-hydrogen) atoms. The lowest BCUT2D eigenvalue weighted by Crippen LogP contribution is -2.49. The normalized spacial score (nSPS) is 12.0. The molecule has 4 aromatic carbocycles. The van der Waals surface area contributed by atoms with Crippen molar-refractivity contribution in [2.75, 3.05) is 39.5 Å². The van der Waals surface area contributed by atoms with Crippen LogP contribution in [0.5, 0.6) is 11.5 Å². The summed E-state index contributed by atoms with van der Waals surface area (Å²) in [4.78, 5) is 132. The fourth-order valence-electron chi connectivity index (χ4n) is 8.56. The molecule has 570 valence electrons. The Hall–Kier alpha value is -10.2. The predicted octanol–water partition coefficient (Wildman–Crippen LogP) is 6.84. The molecule has 0 unspecified atom stereocenters. The molecular weight excluding hydrogens is 1410 g/mol. The second kappa shape index (κ2) is 38.9. The highest BCUT2D eigenvalue weighted by Gasteiger charge is 2.35. The van der Waals surface area contributed by atoms with Crippen LogP contribution in [0.1, 0.15) is 141 Å². The van der Waals surface area contributed by atoms with E-state index < -0.39 is 180 Å². The third-order valence-electron chi connectivity index (χ3n) is 12.7. The van der Waals surface area contributed by atoms with Crippen molar-refractivity contribution in [3.63, 3.8) is 0 Å². The second-order valence-electron chi connectivity index (χ2n) is 26.4. The number of ether oxygens (including phenoxy) is 8. The second-order valence-corrected chi connectivity index (χ2v) is 29.8. The van der Waals surface area contributed by atoms with Gasteiger partial charge in [-0.25, -0.2) is 38.8 Å². The van der Waals surface area contributed by atoms with Crippen LogP contribution in [-0.2, 0) is 81.1 Å². The maximum Gasteiger partial charge on any atom is 0.414 e. The maximum atomic E-state index is 13.9. The number of esters is 2. The number of carboxylic acids is 4. The standard InChI is InChI=1S/C66H88N10O26S2/c1-63(2,3)99-59(87)71-57(72-60(88)100-64(4,5)6)69-45-21-17-43(18-22-45)55(85)97-49-25-13-41(14-26-49)39-67-103(91,92)75(47(35-51(77)78)36-52(79)80)29-31-95-33-34-96-32-30-76(48(37-53(81)82)38-54(83)84)104(93,94)68-40-42-15-27-50(28-16-42)98-56(86)44-19-23-46(24-20-44)70-58(73-61(89)101-65(7,8)9)74-62(90)102-66(10,11)12/h13-28,47-48,67-68H,29-40H2,1-12H3,(H,77,78)(H,79,80)(H,81,82)(H,83,84)(H2,69,71,72,87,88)(H2,70,73,74,89,90). The van der Waals surface area contributed by atoms with Crippen LogP contribution >= 0.6 is 0 Å². The van der Waals surface area contributed by atoms with E-state index in [2.05, 4.69) is 40.7 Å². The molecule has 0 spiro atoms. The van der Waals surface area contributed by atoms with Crippen LogP contribution in [0.2, 0.25) is 0 Å². The number of amides is 4. The van der Waals surface area contributed by atoms with Gasteiger partial charge in [0.15, 0.2) is 0 Å². The molecule has 0 bridgehead atoms. The molecule has 0 aliphatic carbocycles. The number of hydrogen-bond acceptors (Lipinski definition) is 24. The van der Waals surface area contributed by atoms with E-state index >= 15 is 0 Å². The summed E-state index contributed by atoms with van der Waals surface area (Å²) in [7, 11) is -9.43. The molecule has 38 heteroatoms. The fraction of sp³-hybridized carbons (Fsp3) is 0.455. The summed E-state index contributed by atoms with van der Waals surface area (Å²) in [6.45, 7) is 16.0. The van der Waals surface area contributed by atoms with E-state index in [0.29, 0.717) is 19.7 Å². The van der Waals surface area contributed by atoms with Crippen LogP contribution < -0.4 is 40.2 Å². The summed E-state index contributed by atoms with van der Waals surface area (Å²) in [5.41, 5.74) is -2.50. The number of rotatable bonds is 33. The highest BCUT2D eigenvalue weighted by molar-refractivity contribution is 7.87. The molecule has 0 aromatic heterocycles. The lowest BCUT2D eigenvalue weighted by molar-refractivity contribution is -0.142. The Balaban J connectivity index is 1.36. The lowest BCUT2D eigenvalue weighted by Gasteiger charge is -2.29. The molecule has 0 fully saturated rings. The number of benzene rings is 4. The Morgan fingerprint density at radius 2 is 0.654 bits per heavy atom. The zero-order valence-electron chi connectivity index (χ0n) is 59.3. The van der Waals surface area contributed by atoms with Crippen molar-refractivity contribution >= 4 is 104 Å². The molecular formula is C66H88N10O26S2. The van der Waals surface area contributed by atoms with Gasteiger partial charge < -0.3 is 58.3 Å². The van der Waals surface area contributed by atoms with Gasteiger partial charge in [0.05, 0.1) is 74.6 Å². The molecule has 0 saturated heterocycles. The lowest BCUT2D eigenvalue weighted by atomic mass is 10.1. The topological polar surface area (TPSA) is 497 Å². The zero-order chi connectivity index (χ0) is 78.0. The minimum atomic E-state index is -4.71. The van der Waals surface area contributed by atoms with Gasteiger partial charge in [0.2, 0.25) is 11.9 Å². The quantitative estimate of drug-likeness (QED) is 0.00582. The Bertz CT molecular complexity index is 3590. The third kappa shape index (κ3) is 34.2. The molecule has 0 heterocycles. The van der Waals surface area contributed by atoms with Crippen LogP contribution in [0.4, 0.5) is 30.6 Å². The number of carbonyl (C=O) groups excluding carboxylic acids is 6. The Labute approximate surface area is 600 Å². The molecule has 0 atom stereocenters. The summed E-state index contributed by atoms with van der Waals surface area (Å²) in [6.07, 6.45) is -7.48. The largest absolute Gasteiger partial charge is 0.481 e. The Morgan fingerprint density at radius 1 is 0.394 bits per heavy atom. The fourth-order valence-corrected chi connectivity index (χ4v) is 11.3. The van der Waals surface area contributed by atoms with Crippen molar-refractivity contribution in [2.24, 2.45) is 9.98 Å². The third-order valence-corrected chi connectivity index (χ3v) is 15.9. The van der Waals surface area contributed by atoms with Crippen molar-refractivity contribution < 1.29 is 123 Å². The molecule has 0 radical (unpaired) electrons. The molecule has 4 rings (SSSR count). The smallest absolute Gasteiger partial charge is 0.414 e. The average Bonchev–Trinajstić information content (AvgIpc) is 0.878. The number of carbonyl (C=O) groups is 10. The van der Waals surface area contributed by atoms with Gasteiger partial charge in [0.1, 0.15) is 33.9 Å². The van der Waals surface area contributed by atoms with Gasteiger partial charge in [-0.2, -0.15) is 34.9 Å². The van der Waals surface area contributed by atoms with Gasteiger partial charge in [-0.3, -0.25) is 40.4 Å². The minimum Gasteiger partial charge on any atom is -0.481 e. The summed E-state index contributed by atoms with van der Waals surface area (Å²) >= 11 is 0. The van der Waals surface area contributed by atoms with Crippen LogP contribution in [0.15, 0.2) is 107 Å². The van der Waals surface area contributed by atoms with Gasteiger partial charge in [0, 0.05) is 38.3 Å². The average molecular weight is 1500 g/mol. The highest BCUT2D eigenvalue weighted by Crippen LogP contribution is 2.23. The van der Waals surface area contributed by atoms with E-state index in [1.54, 1.807) is 83.1 Å². The van der Waals surface area contributed by atoms with Crippen molar-refractivity contribution in [1.29, 1.82) is 0 Å². The summed E-state index contributed by atoms with van der Waals surface area (Å²) in [6, 6.07) is 18.7. The van der Waals surface area contributed by atoms with Gasteiger partial charge in [0.25, 0.3) is 20.4 Å². The van der Waals surface area contributed by atoms with Crippen molar-refractivity contribution in [2.45, 2.75) is 156 Å². The van der Waals surface area contributed by atoms with Crippen molar-refractivity contribution in [3.05, 3.63) is 119 Å². The van der Waals surface area contributed by atoms with E-state index in [0.717, 1.165) is 0 Å². The Kier molecular flexibility index (Phi) is 32.2. The predicted molar refractivity (Wildman–Crippen MR) is 371 cm³/mol. The number of alkyl carbamates (subject to hydrolysis) is 4. The van der Waals surface area contributed by atoms with Crippen LogP contribution in [0, 0.1) is 0 Å². The molecule has 4 aromatic rings. The van der Waals surface area contributed by atoms with E-state index in [1.807, 2.05) is 0 Å². The van der Waals surface area contributed by atoms with Gasteiger partial charge in [-0.15, -0.1) is 0 Å². The summed E-state index contributed by atoms with van der Waals surface area (Å²) in [5.74, 6) is -8.39. The summed E-state index contributed by atoms with van der Waals surface area (Å²) in [5, 5.41) is 48.0. The van der Waals surface area contributed by atoms with Gasteiger partial charge >= 0.3 is 60.2 Å². The van der Waals surface area contributed by atoms with Crippen LogP contribution in [0.3, 0.4) is 0 Å². The molecule has 10 N–H and O–H groups in total. The van der Waals surface area contributed by atoms with E-state index in [9.17, 15) is 85.2 Å². The first-order valence-electron chi connectivity index (χ1n) is 31.8. The molecule has 0 aliphatic rings. The van der Waals surface area contributed by atoms with E-state index in [1.165, 1.54) is 97.1 Å². The van der Waals surface area contributed by atoms with E-state index in [-0.39, 0.29) is 59.1 Å². The maximum absolute atomic E-state index is 13.9. The first-order valence-corrected chi connectivity index (χ1v) is 34.7. The molecule has 36 nitrogen and oxygen atoms in total. The van der Waals surface area contributed by atoms with Crippen LogP contribution in [-0.4, -0.2) is 192 Å². The van der Waals surface area contributed by atoms with Gasteiger partial charge in [-0.1, -0.05) is 24.3 Å². The zero-order valence-corrected chi connectivity index (χ0v) is 60.9. The first kappa shape index (κ1) is 86.2. The summed E-state index contributed by atoms with van der Waals surface area (Å²) < 4.78 is 104. The number of carboxylic acid groups (broad SMARTS) is 4. The van der Waals surface area contributed by atoms with Crippen molar-refractivity contribution in [3.8, 4) is 11.5 Å². The molecule has 0 aliphatic heterocycles. The first-order chi connectivity index (χ1) is 48.2. The molecule has 0 saturated carbocycles. The van der Waals surface area contributed by atoms with Crippen LogP contribution in [0.25, 0.3) is 0 Å². The highest BCUT2D eigenvalue weighted by atomic mass is 32.2. The number of guanidine groups is 2. The van der Waals surface area contributed by atoms with Crippen molar-refractivity contribution in [1.82, 2.24) is 39.3 Å². The number of aliphatic carboxylic acids is 4. The minimum absolute atomic E-state index is 0.0275. The Morgan fingerprint density at radius 3 is 0.894 bits per heavy atom. The monoisotopic (exact) mass is 1500 g/mol. The SMILES string of the molecule is CC(C)(C)OC(=O)NC(=Nc1ccc(C(=O)Oc2ccc(CNS(=O)(=O)N(CCOCCOCCN(C(CC(=O)O)CC(=O)O)S(=O)(=O)NCc3ccc(OC(=O)c4ccc(N=C(NC(=O)OC(C)(C)C)NC(=O)OC(C)(C)C)cc4)cc3)C(CC(=O)O)CC(=O)O)cc2)cc1)NC(=O)OC(C)(C)C. The number of aliphatic imine (C=N–C) groups is 2.